The van der Waals surface area contributed by atoms with Gasteiger partial charge < -0.3 is 15.4 Å². The van der Waals surface area contributed by atoms with Gasteiger partial charge in [-0.3, -0.25) is 4.79 Å². The van der Waals surface area contributed by atoms with E-state index >= 15 is 0 Å². The van der Waals surface area contributed by atoms with Crippen LogP contribution >= 0.6 is 11.6 Å². The van der Waals surface area contributed by atoms with Crippen molar-refractivity contribution in [2.75, 3.05) is 11.9 Å². The minimum Gasteiger partial charge on any atom is -0.406 e. The van der Waals surface area contributed by atoms with Gasteiger partial charge in [-0.2, -0.15) is 4.72 Å². The van der Waals surface area contributed by atoms with Crippen LogP contribution in [-0.4, -0.2) is 39.3 Å². The van der Waals surface area contributed by atoms with Gasteiger partial charge in [0.05, 0.1) is 4.90 Å². The number of anilines is 1. The Labute approximate surface area is 220 Å². The zero-order chi connectivity index (χ0) is 27.1. The van der Waals surface area contributed by atoms with E-state index in [0.717, 1.165) is 32.1 Å². The van der Waals surface area contributed by atoms with Crippen molar-refractivity contribution in [1.29, 1.82) is 0 Å². The first kappa shape index (κ1) is 29.1. The molecule has 0 saturated heterocycles. The molecular formula is C25H31ClF3N3O4S. The fourth-order valence-electron chi connectivity index (χ4n) is 4.32. The lowest BCUT2D eigenvalue weighted by molar-refractivity contribution is -0.274. The van der Waals surface area contributed by atoms with Crippen LogP contribution in [-0.2, 0) is 14.8 Å². The van der Waals surface area contributed by atoms with Crippen LogP contribution in [0.1, 0.15) is 45.4 Å². The van der Waals surface area contributed by atoms with Gasteiger partial charge in [0.1, 0.15) is 11.8 Å². The predicted octanol–water partition coefficient (Wildman–Crippen LogP) is 5.47. The Hall–Kier alpha value is -2.50. The number of sulfonamides is 1. The number of amides is 1. The summed E-state index contributed by atoms with van der Waals surface area (Å²) in [5.41, 5.74) is 0.539. The van der Waals surface area contributed by atoms with Crippen LogP contribution < -0.4 is 20.1 Å². The van der Waals surface area contributed by atoms with Crippen molar-refractivity contribution in [3.63, 3.8) is 0 Å². The summed E-state index contributed by atoms with van der Waals surface area (Å²) in [7, 11) is -3.98. The van der Waals surface area contributed by atoms with Gasteiger partial charge >= 0.3 is 6.36 Å². The predicted molar refractivity (Wildman–Crippen MR) is 136 cm³/mol. The molecule has 0 bridgehead atoms. The summed E-state index contributed by atoms with van der Waals surface area (Å²) < 4.78 is 69.4. The van der Waals surface area contributed by atoms with Crippen LogP contribution in [0.2, 0.25) is 5.02 Å². The van der Waals surface area contributed by atoms with E-state index in [1.165, 1.54) is 42.5 Å². The molecule has 12 heteroatoms. The summed E-state index contributed by atoms with van der Waals surface area (Å²) in [5.74, 6) is -0.546. The molecule has 2 aromatic carbocycles. The number of benzene rings is 2. The SMILES string of the molecule is CC(CNC(=O)[C@H](CC1CCCCC1)NS(=O)(=O)c1cccc(Cl)c1)Nc1ccc(OC(F)(F)F)cc1. The van der Waals surface area contributed by atoms with Crippen LogP contribution in [0.5, 0.6) is 5.75 Å². The highest BCUT2D eigenvalue weighted by Gasteiger charge is 2.31. The number of ether oxygens (including phenoxy) is 1. The first-order valence-electron chi connectivity index (χ1n) is 12.1. The molecule has 204 valence electrons. The molecule has 1 unspecified atom stereocenters. The van der Waals surface area contributed by atoms with E-state index in [-0.39, 0.29) is 34.2 Å². The maximum atomic E-state index is 13.1. The van der Waals surface area contributed by atoms with E-state index in [9.17, 15) is 26.4 Å². The standard InChI is InChI=1S/C25H31ClF3N3O4S/c1-17(31-20-10-12-21(13-11-20)36-25(27,28)29)16-30-24(33)23(14-18-6-3-2-4-7-18)32-37(34,35)22-9-5-8-19(26)15-22/h5,8-13,15,17-18,23,31-32H,2-4,6-7,14,16H2,1H3,(H,30,33)/t17?,23-/m0/s1. The Morgan fingerprint density at radius 1 is 1.11 bits per heavy atom. The number of hydrogen-bond acceptors (Lipinski definition) is 5. The van der Waals surface area contributed by atoms with Crippen molar-refractivity contribution in [3.05, 3.63) is 53.6 Å². The molecule has 1 amide bonds. The topological polar surface area (TPSA) is 96.5 Å². The average Bonchev–Trinajstić information content (AvgIpc) is 2.83. The van der Waals surface area contributed by atoms with E-state index in [1.54, 1.807) is 13.0 Å². The Morgan fingerprint density at radius 3 is 2.41 bits per heavy atom. The van der Waals surface area contributed by atoms with Gasteiger partial charge in [-0.1, -0.05) is 49.8 Å². The van der Waals surface area contributed by atoms with Crippen LogP contribution in [0.15, 0.2) is 53.4 Å². The molecule has 2 atom stereocenters. The minimum atomic E-state index is -4.77. The number of hydrogen-bond donors (Lipinski definition) is 3. The molecule has 1 fully saturated rings. The Balaban J connectivity index is 1.61. The Bertz CT molecular complexity index is 1140. The second-order valence-electron chi connectivity index (χ2n) is 9.23. The molecular weight excluding hydrogens is 531 g/mol. The van der Waals surface area contributed by atoms with Crippen LogP contribution in [0.25, 0.3) is 0 Å². The van der Waals surface area contributed by atoms with Crippen molar-refractivity contribution in [2.24, 2.45) is 5.92 Å². The highest BCUT2D eigenvalue weighted by molar-refractivity contribution is 7.89. The third-order valence-corrected chi connectivity index (χ3v) is 7.80. The number of nitrogens with one attached hydrogen (secondary N) is 3. The van der Waals surface area contributed by atoms with Crippen molar-refractivity contribution in [1.82, 2.24) is 10.0 Å². The Morgan fingerprint density at radius 2 is 1.78 bits per heavy atom. The van der Waals surface area contributed by atoms with Gasteiger partial charge in [-0.05, 0) is 61.7 Å². The highest BCUT2D eigenvalue weighted by Crippen LogP contribution is 2.28. The number of alkyl halides is 3. The van der Waals surface area contributed by atoms with Crippen molar-refractivity contribution in [3.8, 4) is 5.75 Å². The molecule has 0 aliphatic heterocycles. The third-order valence-electron chi connectivity index (χ3n) is 6.10. The summed E-state index contributed by atoms with van der Waals surface area (Å²) in [6, 6.07) is 9.83. The average molecular weight is 562 g/mol. The van der Waals surface area contributed by atoms with E-state index in [0.29, 0.717) is 12.1 Å². The molecule has 0 aromatic heterocycles. The number of carbonyl (C=O) groups is 1. The van der Waals surface area contributed by atoms with Gasteiger partial charge in [-0.25, -0.2) is 8.42 Å². The summed E-state index contributed by atoms with van der Waals surface area (Å²) in [4.78, 5) is 13.1. The van der Waals surface area contributed by atoms with Gasteiger partial charge in [0.15, 0.2) is 0 Å². The lowest BCUT2D eigenvalue weighted by atomic mass is 9.85. The molecule has 37 heavy (non-hydrogen) atoms. The van der Waals surface area contributed by atoms with Crippen molar-refractivity contribution in [2.45, 2.75) is 68.8 Å². The van der Waals surface area contributed by atoms with Gasteiger partial charge in [0, 0.05) is 23.3 Å². The molecule has 7 nitrogen and oxygen atoms in total. The fourth-order valence-corrected chi connectivity index (χ4v) is 5.83. The molecule has 1 aliphatic carbocycles. The van der Waals surface area contributed by atoms with Crippen molar-refractivity contribution >= 4 is 33.2 Å². The maximum Gasteiger partial charge on any atom is 0.573 e. The lowest BCUT2D eigenvalue weighted by Gasteiger charge is -2.27. The maximum absolute atomic E-state index is 13.1. The number of rotatable bonds is 11. The highest BCUT2D eigenvalue weighted by atomic mass is 35.5. The van der Waals surface area contributed by atoms with Gasteiger partial charge in [0.25, 0.3) is 0 Å². The second kappa shape index (κ2) is 12.8. The number of halogens is 4. The molecule has 3 N–H and O–H groups in total. The zero-order valence-corrected chi connectivity index (χ0v) is 21.9. The van der Waals surface area contributed by atoms with Crippen LogP contribution in [0.4, 0.5) is 18.9 Å². The smallest absolute Gasteiger partial charge is 0.406 e. The van der Waals surface area contributed by atoms with Crippen LogP contribution in [0.3, 0.4) is 0 Å². The summed E-state index contributed by atoms with van der Waals surface area (Å²) in [5, 5.41) is 6.15. The van der Waals surface area contributed by atoms with E-state index in [2.05, 4.69) is 20.1 Å². The fraction of sp³-hybridized carbons (Fsp3) is 0.480. The molecule has 1 aliphatic rings. The minimum absolute atomic E-state index is 0.0190. The van der Waals surface area contributed by atoms with Gasteiger partial charge in [-0.15, -0.1) is 13.2 Å². The van der Waals surface area contributed by atoms with E-state index < -0.39 is 28.3 Å². The van der Waals surface area contributed by atoms with Crippen LogP contribution in [0, 0.1) is 5.92 Å². The second-order valence-corrected chi connectivity index (χ2v) is 11.4. The molecule has 1 saturated carbocycles. The first-order valence-corrected chi connectivity index (χ1v) is 14.0. The molecule has 0 radical (unpaired) electrons. The largest absolute Gasteiger partial charge is 0.573 e. The summed E-state index contributed by atoms with van der Waals surface area (Å²) >= 11 is 5.96. The normalized spacial score (nSPS) is 16.6. The quantitative estimate of drug-likeness (QED) is 0.338. The lowest BCUT2D eigenvalue weighted by Crippen LogP contribution is -2.49. The van der Waals surface area contributed by atoms with Gasteiger partial charge in [0.2, 0.25) is 15.9 Å². The van der Waals surface area contributed by atoms with E-state index in [4.69, 9.17) is 11.6 Å². The first-order chi connectivity index (χ1) is 17.4. The zero-order valence-electron chi connectivity index (χ0n) is 20.4. The summed E-state index contributed by atoms with van der Waals surface area (Å²) in [6.07, 6.45) is 0.724. The molecule has 2 aromatic rings. The Kier molecular flexibility index (Phi) is 10.1. The molecule has 3 rings (SSSR count). The monoisotopic (exact) mass is 561 g/mol. The summed E-state index contributed by atoms with van der Waals surface area (Å²) in [6.45, 7) is 1.95. The van der Waals surface area contributed by atoms with Crippen molar-refractivity contribution < 1.29 is 31.1 Å². The molecule has 0 heterocycles. The third kappa shape index (κ3) is 9.71. The molecule has 0 spiro atoms. The number of carbonyl (C=O) groups excluding carboxylic acids is 1. The van der Waals surface area contributed by atoms with E-state index in [1.807, 2.05) is 0 Å².